The summed E-state index contributed by atoms with van der Waals surface area (Å²) in [6.45, 7) is 0.197. The summed E-state index contributed by atoms with van der Waals surface area (Å²) in [6.07, 6.45) is 0.227. The van der Waals surface area contributed by atoms with E-state index in [4.69, 9.17) is 4.74 Å². The quantitative estimate of drug-likeness (QED) is 0.596. The SMILES string of the molecule is O=C(O)[C@H](Cc1ccccc1)NC1COc2ccccc2N(Cc2ccc(F)cc2)C1=O. The lowest BCUT2D eigenvalue weighted by Gasteiger charge is -2.26. The van der Waals surface area contributed by atoms with Gasteiger partial charge >= 0.3 is 5.97 Å². The Morgan fingerprint density at radius 3 is 2.44 bits per heavy atom. The summed E-state index contributed by atoms with van der Waals surface area (Å²) in [5.41, 5.74) is 2.18. The van der Waals surface area contributed by atoms with Crippen molar-refractivity contribution in [3.63, 3.8) is 0 Å². The van der Waals surface area contributed by atoms with Gasteiger partial charge in [0.2, 0.25) is 5.91 Å². The predicted octanol–water partition coefficient (Wildman–Crippen LogP) is 3.41. The third-order valence-electron chi connectivity index (χ3n) is 5.36. The van der Waals surface area contributed by atoms with E-state index in [0.717, 1.165) is 11.1 Å². The van der Waals surface area contributed by atoms with Crippen LogP contribution in [0.2, 0.25) is 0 Å². The second kappa shape index (κ2) is 9.62. The van der Waals surface area contributed by atoms with Gasteiger partial charge in [0.25, 0.3) is 0 Å². The van der Waals surface area contributed by atoms with Crippen molar-refractivity contribution in [1.29, 1.82) is 0 Å². The van der Waals surface area contributed by atoms with Crippen LogP contribution >= 0.6 is 0 Å². The molecule has 6 nitrogen and oxygen atoms in total. The zero-order chi connectivity index (χ0) is 22.5. The normalized spacial score (nSPS) is 16.6. The molecule has 3 aromatic rings. The first-order valence-corrected chi connectivity index (χ1v) is 10.3. The lowest BCUT2D eigenvalue weighted by molar-refractivity contribution is -0.140. The van der Waals surface area contributed by atoms with Gasteiger partial charge in [-0.15, -0.1) is 0 Å². The molecule has 1 aliphatic heterocycles. The molecule has 2 atom stereocenters. The summed E-state index contributed by atoms with van der Waals surface area (Å²) in [4.78, 5) is 27.0. The molecular weight excluding hydrogens is 411 g/mol. The van der Waals surface area contributed by atoms with Crippen LogP contribution in [0.3, 0.4) is 0 Å². The van der Waals surface area contributed by atoms with Gasteiger partial charge < -0.3 is 14.7 Å². The molecule has 0 bridgehead atoms. The summed E-state index contributed by atoms with van der Waals surface area (Å²) >= 11 is 0. The highest BCUT2D eigenvalue weighted by Crippen LogP contribution is 2.32. The van der Waals surface area contributed by atoms with Gasteiger partial charge in [-0.05, 0) is 41.8 Å². The van der Waals surface area contributed by atoms with Crippen LogP contribution < -0.4 is 15.0 Å². The third-order valence-corrected chi connectivity index (χ3v) is 5.36. The Kier molecular flexibility index (Phi) is 6.47. The molecule has 3 aromatic carbocycles. The molecule has 2 N–H and O–H groups in total. The number of rotatable bonds is 7. The fraction of sp³-hybridized carbons (Fsp3) is 0.200. The number of carboxylic acids is 1. The topological polar surface area (TPSA) is 78.9 Å². The second-order valence-corrected chi connectivity index (χ2v) is 7.63. The number of carbonyl (C=O) groups is 2. The van der Waals surface area contributed by atoms with Crippen LogP contribution in [0.5, 0.6) is 5.75 Å². The van der Waals surface area contributed by atoms with Gasteiger partial charge in [0.1, 0.15) is 30.3 Å². The van der Waals surface area contributed by atoms with Gasteiger partial charge in [0, 0.05) is 0 Å². The average molecular weight is 434 g/mol. The van der Waals surface area contributed by atoms with Gasteiger partial charge in [-0.25, -0.2) is 4.39 Å². The smallest absolute Gasteiger partial charge is 0.321 e. The van der Waals surface area contributed by atoms with Crippen molar-refractivity contribution < 1.29 is 23.8 Å². The van der Waals surface area contributed by atoms with Crippen molar-refractivity contribution in [2.45, 2.75) is 25.0 Å². The molecule has 4 rings (SSSR count). The van der Waals surface area contributed by atoms with Crippen LogP contribution in [0.4, 0.5) is 10.1 Å². The molecule has 0 saturated carbocycles. The molecule has 1 amide bonds. The molecule has 0 aromatic heterocycles. The Hall–Kier alpha value is -3.71. The molecular formula is C25H23FN2O4. The van der Waals surface area contributed by atoms with Crippen LogP contribution in [0.1, 0.15) is 11.1 Å². The number of halogens is 1. The molecule has 0 fully saturated rings. The largest absolute Gasteiger partial charge is 0.489 e. The van der Waals surface area contributed by atoms with Crippen molar-refractivity contribution in [2.24, 2.45) is 0 Å². The van der Waals surface area contributed by atoms with Crippen molar-refractivity contribution in [2.75, 3.05) is 11.5 Å². The van der Waals surface area contributed by atoms with Crippen LogP contribution in [0.25, 0.3) is 0 Å². The summed E-state index contributed by atoms with van der Waals surface area (Å²) in [5, 5.41) is 12.7. The van der Waals surface area contributed by atoms with Crippen molar-refractivity contribution in [1.82, 2.24) is 5.32 Å². The predicted molar refractivity (Wildman–Crippen MR) is 118 cm³/mol. The van der Waals surface area contributed by atoms with Crippen LogP contribution in [0.15, 0.2) is 78.9 Å². The van der Waals surface area contributed by atoms with E-state index in [9.17, 15) is 19.1 Å². The number of aliphatic carboxylic acids is 1. The van der Waals surface area contributed by atoms with Crippen LogP contribution in [-0.4, -0.2) is 35.7 Å². The Morgan fingerprint density at radius 1 is 1.03 bits per heavy atom. The van der Waals surface area contributed by atoms with Gasteiger partial charge in [-0.3, -0.25) is 14.9 Å². The molecule has 0 aliphatic carbocycles. The highest BCUT2D eigenvalue weighted by molar-refractivity contribution is 5.99. The maximum absolute atomic E-state index is 13.5. The fourth-order valence-corrected chi connectivity index (χ4v) is 3.72. The Balaban J connectivity index is 1.60. The third kappa shape index (κ3) is 4.95. The molecule has 32 heavy (non-hydrogen) atoms. The summed E-state index contributed by atoms with van der Waals surface area (Å²) in [5.74, 6) is -1.18. The molecule has 1 aliphatic rings. The average Bonchev–Trinajstić information content (AvgIpc) is 2.93. The van der Waals surface area contributed by atoms with E-state index >= 15 is 0 Å². The first-order valence-electron chi connectivity index (χ1n) is 10.3. The van der Waals surface area contributed by atoms with E-state index in [1.54, 1.807) is 35.2 Å². The minimum Gasteiger partial charge on any atom is -0.489 e. The lowest BCUT2D eigenvalue weighted by Crippen LogP contribution is -2.54. The molecule has 1 heterocycles. The number of carbonyl (C=O) groups excluding carboxylic acids is 1. The van der Waals surface area contributed by atoms with E-state index in [1.165, 1.54) is 12.1 Å². The number of anilines is 1. The number of hydrogen-bond acceptors (Lipinski definition) is 4. The van der Waals surface area contributed by atoms with Crippen molar-refractivity contribution in [3.05, 3.63) is 95.8 Å². The van der Waals surface area contributed by atoms with E-state index in [2.05, 4.69) is 5.32 Å². The minimum absolute atomic E-state index is 0.00562. The van der Waals surface area contributed by atoms with Gasteiger partial charge in [-0.2, -0.15) is 0 Å². The Labute approximate surface area is 185 Å². The highest BCUT2D eigenvalue weighted by Gasteiger charge is 2.34. The zero-order valence-corrected chi connectivity index (χ0v) is 17.3. The molecule has 164 valence electrons. The fourth-order valence-electron chi connectivity index (χ4n) is 3.72. The van der Waals surface area contributed by atoms with E-state index in [-0.39, 0.29) is 31.3 Å². The highest BCUT2D eigenvalue weighted by atomic mass is 19.1. The van der Waals surface area contributed by atoms with E-state index < -0.39 is 18.1 Å². The van der Waals surface area contributed by atoms with E-state index in [1.807, 2.05) is 36.4 Å². The maximum Gasteiger partial charge on any atom is 0.321 e. The molecule has 7 heteroatoms. The first-order chi connectivity index (χ1) is 15.5. The second-order valence-electron chi connectivity index (χ2n) is 7.63. The zero-order valence-electron chi connectivity index (χ0n) is 17.3. The van der Waals surface area contributed by atoms with Crippen LogP contribution in [-0.2, 0) is 22.6 Å². The minimum atomic E-state index is -1.05. The number of carboxylic acid groups (broad SMARTS) is 1. The number of hydrogen-bond donors (Lipinski definition) is 2. The Bertz CT molecular complexity index is 1090. The number of ether oxygens (including phenoxy) is 1. The van der Waals surface area contributed by atoms with E-state index in [0.29, 0.717) is 11.4 Å². The van der Waals surface area contributed by atoms with Gasteiger partial charge in [-0.1, -0.05) is 54.6 Å². The molecule has 1 unspecified atom stereocenters. The summed E-state index contributed by atoms with van der Waals surface area (Å²) in [7, 11) is 0. The number of nitrogens with one attached hydrogen (secondary N) is 1. The van der Waals surface area contributed by atoms with Gasteiger partial charge in [0.15, 0.2) is 0 Å². The molecule has 0 radical (unpaired) electrons. The summed E-state index contributed by atoms with van der Waals surface area (Å²) < 4.78 is 19.2. The molecule has 0 spiro atoms. The number of amides is 1. The number of benzene rings is 3. The number of para-hydroxylation sites is 2. The van der Waals surface area contributed by atoms with Crippen molar-refractivity contribution in [3.8, 4) is 5.75 Å². The number of fused-ring (bicyclic) bond motifs is 1. The number of nitrogens with zero attached hydrogens (tertiary/aromatic N) is 1. The summed E-state index contributed by atoms with van der Waals surface area (Å²) in [6, 6.07) is 20.5. The molecule has 0 saturated heterocycles. The standard InChI is InChI=1S/C25H23FN2O4/c26-19-12-10-18(11-13-19)15-28-22-8-4-5-9-23(22)32-16-21(24(28)29)27-20(25(30)31)14-17-6-2-1-3-7-17/h1-13,20-21,27H,14-16H2,(H,30,31)/t20-,21?/m0/s1. The maximum atomic E-state index is 13.5. The van der Waals surface area contributed by atoms with Gasteiger partial charge in [0.05, 0.1) is 12.2 Å². The van der Waals surface area contributed by atoms with Crippen molar-refractivity contribution >= 4 is 17.6 Å². The Morgan fingerprint density at radius 2 is 1.72 bits per heavy atom. The monoisotopic (exact) mass is 434 g/mol. The lowest BCUT2D eigenvalue weighted by atomic mass is 10.0. The van der Waals surface area contributed by atoms with Crippen LogP contribution in [0, 0.1) is 5.82 Å². The first kappa shape index (κ1) is 21.5.